The molecule has 1 rings (SSSR count). The van der Waals surface area contributed by atoms with Crippen molar-refractivity contribution in [3.05, 3.63) is 53.1 Å². The summed E-state index contributed by atoms with van der Waals surface area (Å²) in [6.45, 7) is 3.44. The highest BCUT2D eigenvalue weighted by molar-refractivity contribution is 5.92. The molecule has 6 nitrogen and oxygen atoms in total. The molecule has 0 bridgehead atoms. The topological polar surface area (TPSA) is 114 Å². The lowest BCUT2D eigenvalue weighted by atomic mass is 10.0. The largest absolute Gasteiger partial charge is 0.478 e. The monoisotopic (exact) mass is 295 g/mol. The molecule has 0 saturated heterocycles. The highest BCUT2D eigenvalue weighted by Crippen LogP contribution is 2.14. The lowest BCUT2D eigenvalue weighted by Crippen LogP contribution is -2.23. The predicted octanol–water partition coefficient (Wildman–Crippen LogP) is 1.59. The van der Waals surface area contributed by atoms with Crippen molar-refractivity contribution in [1.82, 2.24) is 5.32 Å². The fourth-order valence-corrected chi connectivity index (χ4v) is 1.70. The van der Waals surface area contributed by atoms with Gasteiger partial charge in [-0.25, -0.2) is 4.79 Å². The van der Waals surface area contributed by atoms with Crippen LogP contribution in [0.5, 0.6) is 0 Å². The maximum absolute atomic E-state index is 11.2. The van der Waals surface area contributed by atoms with Crippen molar-refractivity contribution < 1.29 is 14.7 Å². The molecule has 2 N–H and O–H groups in total. The van der Waals surface area contributed by atoms with Crippen LogP contribution in [0.2, 0.25) is 0 Å². The maximum atomic E-state index is 11.2. The predicted molar refractivity (Wildman–Crippen MR) is 79.3 cm³/mol. The number of amides is 1. The van der Waals surface area contributed by atoms with E-state index in [1.165, 1.54) is 24.3 Å². The van der Waals surface area contributed by atoms with E-state index in [0.29, 0.717) is 5.56 Å². The molecule has 0 heterocycles. The number of rotatable bonds is 6. The number of carbonyl (C=O) groups excluding carboxylic acids is 1. The van der Waals surface area contributed by atoms with E-state index in [4.69, 9.17) is 10.5 Å². The zero-order valence-corrected chi connectivity index (χ0v) is 11.7. The third-order valence-electron chi connectivity index (χ3n) is 2.71. The number of nitrogens with zero attached hydrogens (tertiary/aromatic N) is 2. The van der Waals surface area contributed by atoms with Gasteiger partial charge in [-0.3, -0.25) is 4.79 Å². The number of hydrogen-bond donors (Lipinski definition) is 2. The van der Waals surface area contributed by atoms with E-state index in [2.05, 4.69) is 11.9 Å². The minimum Gasteiger partial charge on any atom is -0.478 e. The second-order valence-corrected chi connectivity index (χ2v) is 4.29. The number of benzene rings is 1. The minimum absolute atomic E-state index is 0.0586. The Morgan fingerprint density at radius 1 is 1.23 bits per heavy atom. The summed E-state index contributed by atoms with van der Waals surface area (Å²) in [5.41, 5.74) is 1.05. The Morgan fingerprint density at radius 2 is 1.82 bits per heavy atom. The van der Waals surface area contributed by atoms with Crippen LogP contribution < -0.4 is 5.32 Å². The lowest BCUT2D eigenvalue weighted by molar-refractivity contribution is -0.132. The number of carbonyl (C=O) groups is 2. The van der Waals surface area contributed by atoms with Gasteiger partial charge >= 0.3 is 5.97 Å². The summed E-state index contributed by atoms with van der Waals surface area (Å²) in [4.78, 5) is 22.2. The first-order valence-electron chi connectivity index (χ1n) is 6.29. The fourth-order valence-electron chi connectivity index (χ4n) is 1.70. The molecule has 0 aliphatic heterocycles. The van der Waals surface area contributed by atoms with Crippen LogP contribution in [-0.2, 0) is 9.59 Å². The molecule has 0 aliphatic carbocycles. The molecular formula is C16H13N3O3. The minimum atomic E-state index is -1.13. The molecule has 1 aromatic rings. The molecule has 0 aliphatic rings. The summed E-state index contributed by atoms with van der Waals surface area (Å²) in [5, 5.41) is 29.5. The smallest absolute Gasteiger partial charge is 0.331 e. The maximum Gasteiger partial charge on any atom is 0.331 e. The van der Waals surface area contributed by atoms with Crippen molar-refractivity contribution in [2.75, 3.05) is 6.54 Å². The third-order valence-corrected chi connectivity index (χ3v) is 2.71. The number of carboxylic acid groups (broad SMARTS) is 1. The Morgan fingerprint density at radius 3 is 2.27 bits per heavy atom. The quantitative estimate of drug-likeness (QED) is 0.773. The van der Waals surface area contributed by atoms with Crippen molar-refractivity contribution in [3.63, 3.8) is 0 Å². The normalized spacial score (nSPS) is 10.2. The van der Waals surface area contributed by atoms with Gasteiger partial charge in [0.05, 0.1) is 23.3 Å². The van der Waals surface area contributed by atoms with Gasteiger partial charge in [-0.05, 0) is 42.3 Å². The first-order chi connectivity index (χ1) is 10.5. The van der Waals surface area contributed by atoms with Gasteiger partial charge in [0.1, 0.15) is 0 Å². The fraction of sp³-hybridized carbons (Fsp3) is 0.125. The standard InChI is InChI=1S/C16H13N3O3/c1-2-15(20)19-4-3-14(16(21)22)8-11-5-12(9-17)7-13(6-11)10-18/h2,5-8H,1,3-4H2,(H,19,20)(H,21,22)/b14-8+. The molecule has 0 aromatic heterocycles. The number of carboxylic acids is 1. The van der Waals surface area contributed by atoms with Crippen LogP contribution in [0.4, 0.5) is 0 Å². The Bertz CT molecular complexity index is 689. The van der Waals surface area contributed by atoms with Gasteiger partial charge in [0.25, 0.3) is 0 Å². The molecule has 0 unspecified atom stereocenters. The van der Waals surface area contributed by atoms with Crippen molar-refractivity contribution in [2.45, 2.75) is 6.42 Å². The molecule has 110 valence electrons. The summed E-state index contributed by atoms with van der Waals surface area (Å²) in [6.07, 6.45) is 2.58. The average molecular weight is 295 g/mol. The Kier molecular flexibility index (Phi) is 6.09. The summed E-state index contributed by atoms with van der Waals surface area (Å²) >= 11 is 0. The summed E-state index contributed by atoms with van der Waals surface area (Å²) in [5.74, 6) is -1.52. The van der Waals surface area contributed by atoms with Gasteiger partial charge in [0.2, 0.25) is 5.91 Å². The third kappa shape index (κ3) is 4.95. The molecule has 6 heteroatoms. The van der Waals surface area contributed by atoms with Gasteiger partial charge in [-0.15, -0.1) is 0 Å². The van der Waals surface area contributed by atoms with Crippen molar-refractivity contribution in [3.8, 4) is 12.1 Å². The summed E-state index contributed by atoms with van der Waals surface area (Å²) in [7, 11) is 0. The van der Waals surface area contributed by atoms with Gasteiger partial charge in [-0.1, -0.05) is 6.58 Å². The molecule has 0 atom stereocenters. The molecule has 1 amide bonds. The van der Waals surface area contributed by atoms with Crippen molar-refractivity contribution in [1.29, 1.82) is 10.5 Å². The van der Waals surface area contributed by atoms with Gasteiger partial charge in [-0.2, -0.15) is 10.5 Å². The molecule has 0 fully saturated rings. The highest BCUT2D eigenvalue weighted by Gasteiger charge is 2.09. The van der Waals surface area contributed by atoms with Crippen molar-refractivity contribution in [2.24, 2.45) is 0 Å². The zero-order chi connectivity index (χ0) is 16.5. The molecule has 22 heavy (non-hydrogen) atoms. The van der Waals surface area contributed by atoms with Crippen LogP contribution >= 0.6 is 0 Å². The highest BCUT2D eigenvalue weighted by atomic mass is 16.4. The van der Waals surface area contributed by atoms with Crippen LogP contribution in [0.3, 0.4) is 0 Å². The molecule has 0 saturated carbocycles. The van der Waals surface area contributed by atoms with Crippen LogP contribution in [0.25, 0.3) is 6.08 Å². The second kappa shape index (κ2) is 8.03. The molecule has 0 radical (unpaired) electrons. The van der Waals surface area contributed by atoms with E-state index >= 15 is 0 Å². The first kappa shape index (κ1) is 16.7. The Balaban J connectivity index is 3.01. The van der Waals surface area contributed by atoms with E-state index in [-0.39, 0.29) is 35.6 Å². The van der Waals surface area contributed by atoms with E-state index in [1.807, 2.05) is 12.1 Å². The number of aliphatic carboxylic acids is 1. The van der Waals surface area contributed by atoms with Gasteiger partial charge < -0.3 is 10.4 Å². The Labute approximate surface area is 127 Å². The summed E-state index contributed by atoms with van der Waals surface area (Å²) in [6, 6.07) is 8.23. The summed E-state index contributed by atoms with van der Waals surface area (Å²) < 4.78 is 0. The van der Waals surface area contributed by atoms with Gasteiger partial charge in [0.15, 0.2) is 0 Å². The van der Waals surface area contributed by atoms with Crippen molar-refractivity contribution >= 4 is 18.0 Å². The average Bonchev–Trinajstić information content (AvgIpc) is 2.52. The van der Waals surface area contributed by atoms with Crippen LogP contribution in [-0.4, -0.2) is 23.5 Å². The molecule has 0 spiro atoms. The first-order valence-corrected chi connectivity index (χ1v) is 6.29. The van der Waals surface area contributed by atoms with Gasteiger partial charge in [0, 0.05) is 12.1 Å². The number of hydrogen-bond acceptors (Lipinski definition) is 4. The van der Waals surface area contributed by atoms with E-state index in [1.54, 1.807) is 0 Å². The number of nitriles is 2. The van der Waals surface area contributed by atoms with E-state index in [0.717, 1.165) is 6.08 Å². The van der Waals surface area contributed by atoms with Crippen LogP contribution in [0, 0.1) is 22.7 Å². The zero-order valence-electron chi connectivity index (χ0n) is 11.7. The number of nitrogens with one attached hydrogen (secondary N) is 1. The molecule has 1 aromatic carbocycles. The second-order valence-electron chi connectivity index (χ2n) is 4.29. The van der Waals surface area contributed by atoms with E-state index in [9.17, 15) is 14.7 Å². The lowest BCUT2D eigenvalue weighted by Gasteiger charge is -2.05. The van der Waals surface area contributed by atoms with Crippen LogP contribution in [0.1, 0.15) is 23.1 Å². The van der Waals surface area contributed by atoms with E-state index < -0.39 is 5.97 Å². The molecular weight excluding hydrogens is 282 g/mol. The van der Waals surface area contributed by atoms with Crippen LogP contribution in [0.15, 0.2) is 36.4 Å². The SMILES string of the molecule is C=CC(=O)NCC/C(=C\c1cc(C#N)cc(C#N)c1)C(=O)O. The Hall–Kier alpha value is -3.38.